The van der Waals surface area contributed by atoms with E-state index < -0.39 is 29.2 Å². The molecule has 0 fully saturated rings. The van der Waals surface area contributed by atoms with Crippen molar-refractivity contribution < 1.29 is 27.5 Å². The molecule has 2 aromatic rings. The zero-order chi connectivity index (χ0) is 16.1. The molecule has 0 unspecified atom stereocenters. The van der Waals surface area contributed by atoms with Crippen molar-refractivity contribution in [3.05, 3.63) is 53.5 Å². The molecular formula is C14H12F2N2O4. The number of methoxy groups -OCH3 is 1. The number of hydrogen-bond acceptors (Lipinski definition) is 4. The lowest BCUT2D eigenvalue weighted by atomic mass is 10.2. The monoisotopic (exact) mass is 310 g/mol. The van der Waals surface area contributed by atoms with Gasteiger partial charge in [-0.15, -0.1) is 0 Å². The number of esters is 1. The van der Waals surface area contributed by atoms with Crippen molar-refractivity contribution in [2.45, 2.75) is 6.54 Å². The van der Waals surface area contributed by atoms with Gasteiger partial charge < -0.3 is 19.8 Å². The van der Waals surface area contributed by atoms with Crippen molar-refractivity contribution in [2.24, 2.45) is 0 Å². The summed E-state index contributed by atoms with van der Waals surface area (Å²) in [6.45, 7) is 0.0888. The molecule has 2 N–H and O–H groups in total. The lowest BCUT2D eigenvalue weighted by Crippen LogP contribution is -2.28. The smallest absolute Gasteiger partial charge is 0.340 e. The molecule has 0 aliphatic carbocycles. The van der Waals surface area contributed by atoms with Crippen LogP contribution in [-0.2, 0) is 11.3 Å². The van der Waals surface area contributed by atoms with Crippen LogP contribution in [0.1, 0.15) is 16.1 Å². The van der Waals surface area contributed by atoms with Gasteiger partial charge in [0.15, 0.2) is 0 Å². The van der Waals surface area contributed by atoms with Crippen LogP contribution in [0.4, 0.5) is 19.3 Å². The van der Waals surface area contributed by atoms with Crippen LogP contribution in [0, 0.1) is 11.6 Å². The summed E-state index contributed by atoms with van der Waals surface area (Å²) in [5.74, 6) is -2.56. The number of carbonyl (C=O) groups excluding carboxylic acids is 2. The number of furan rings is 1. The fourth-order valence-corrected chi connectivity index (χ4v) is 1.66. The van der Waals surface area contributed by atoms with Crippen molar-refractivity contribution in [3.63, 3.8) is 0 Å². The van der Waals surface area contributed by atoms with E-state index in [1.807, 2.05) is 0 Å². The average molecular weight is 310 g/mol. The summed E-state index contributed by atoms with van der Waals surface area (Å²) in [5.41, 5.74) is -0.830. The Labute approximate surface area is 124 Å². The summed E-state index contributed by atoms with van der Waals surface area (Å²) in [7, 11) is 1.06. The molecule has 0 bridgehead atoms. The highest BCUT2D eigenvalue weighted by molar-refractivity contribution is 5.94. The number of amides is 2. The van der Waals surface area contributed by atoms with Gasteiger partial charge in [-0.2, -0.15) is 0 Å². The second-order valence-corrected chi connectivity index (χ2v) is 4.19. The molecule has 2 rings (SSSR count). The molecule has 1 aromatic heterocycles. The van der Waals surface area contributed by atoms with Gasteiger partial charge in [-0.25, -0.2) is 18.4 Å². The third kappa shape index (κ3) is 3.60. The predicted octanol–water partition coefficient (Wildman–Crippen LogP) is 2.67. The van der Waals surface area contributed by atoms with Gasteiger partial charge in [0.2, 0.25) is 0 Å². The number of urea groups is 1. The molecule has 0 radical (unpaired) electrons. The minimum absolute atomic E-state index is 0.0888. The van der Waals surface area contributed by atoms with Crippen LogP contribution in [0.2, 0.25) is 0 Å². The second-order valence-electron chi connectivity index (χ2n) is 4.19. The van der Waals surface area contributed by atoms with Crippen molar-refractivity contribution in [1.82, 2.24) is 5.32 Å². The van der Waals surface area contributed by atoms with Crippen molar-refractivity contribution >= 4 is 17.7 Å². The van der Waals surface area contributed by atoms with Gasteiger partial charge in [0, 0.05) is 6.07 Å². The van der Waals surface area contributed by atoms with Gasteiger partial charge in [0.05, 0.1) is 31.2 Å². The summed E-state index contributed by atoms with van der Waals surface area (Å²) in [5, 5.41) is 4.60. The van der Waals surface area contributed by atoms with Crippen LogP contribution in [0.15, 0.2) is 34.9 Å². The van der Waals surface area contributed by atoms with E-state index in [2.05, 4.69) is 15.4 Å². The van der Waals surface area contributed by atoms with Crippen LogP contribution >= 0.6 is 0 Å². The molecule has 0 saturated carbocycles. The van der Waals surface area contributed by atoms with Crippen molar-refractivity contribution in [2.75, 3.05) is 12.4 Å². The Morgan fingerprint density at radius 2 is 2.05 bits per heavy atom. The van der Waals surface area contributed by atoms with E-state index in [1.165, 1.54) is 6.26 Å². The Kier molecular flexibility index (Phi) is 4.72. The Morgan fingerprint density at radius 3 is 2.68 bits per heavy atom. The van der Waals surface area contributed by atoms with E-state index in [0.29, 0.717) is 11.8 Å². The molecular weight excluding hydrogens is 298 g/mol. The third-order valence-corrected chi connectivity index (χ3v) is 2.71. The topological polar surface area (TPSA) is 80.6 Å². The Bertz CT molecular complexity index is 686. The normalized spacial score (nSPS) is 10.1. The van der Waals surface area contributed by atoms with Gasteiger partial charge in [0.1, 0.15) is 17.4 Å². The van der Waals surface area contributed by atoms with E-state index in [4.69, 9.17) is 4.42 Å². The fourth-order valence-electron chi connectivity index (χ4n) is 1.66. The number of hydrogen-bond donors (Lipinski definition) is 2. The summed E-state index contributed by atoms with van der Waals surface area (Å²) < 4.78 is 36.5. The van der Waals surface area contributed by atoms with Gasteiger partial charge in [-0.1, -0.05) is 0 Å². The van der Waals surface area contributed by atoms with Crippen LogP contribution in [0.25, 0.3) is 0 Å². The molecule has 0 saturated heterocycles. The average Bonchev–Trinajstić information content (AvgIpc) is 3.00. The molecule has 0 atom stereocenters. The number of rotatable bonds is 4. The lowest BCUT2D eigenvalue weighted by molar-refractivity contribution is 0.0595. The molecule has 0 spiro atoms. The van der Waals surface area contributed by atoms with Gasteiger partial charge in [-0.05, 0) is 18.2 Å². The Hall–Kier alpha value is -2.90. The SMILES string of the molecule is COC(=O)c1cc(NC(=O)NCc2ccco2)c(F)cc1F. The molecule has 2 amide bonds. The first-order chi connectivity index (χ1) is 10.5. The maximum absolute atomic E-state index is 13.6. The summed E-state index contributed by atoms with van der Waals surface area (Å²) in [6, 6.07) is 3.92. The highest BCUT2D eigenvalue weighted by atomic mass is 19.1. The Morgan fingerprint density at radius 1 is 1.27 bits per heavy atom. The van der Waals surface area contributed by atoms with E-state index in [1.54, 1.807) is 12.1 Å². The quantitative estimate of drug-likeness (QED) is 0.851. The third-order valence-electron chi connectivity index (χ3n) is 2.71. The van der Waals surface area contributed by atoms with Gasteiger partial charge in [-0.3, -0.25) is 0 Å². The largest absolute Gasteiger partial charge is 0.467 e. The van der Waals surface area contributed by atoms with Crippen LogP contribution < -0.4 is 10.6 Å². The Balaban J connectivity index is 2.08. The number of benzene rings is 1. The second kappa shape index (κ2) is 6.70. The summed E-state index contributed by atoms with van der Waals surface area (Å²) >= 11 is 0. The number of carbonyl (C=O) groups is 2. The molecule has 0 aliphatic rings. The van der Waals surface area contributed by atoms with E-state index in [-0.39, 0.29) is 12.2 Å². The minimum atomic E-state index is -1.08. The zero-order valence-corrected chi connectivity index (χ0v) is 11.5. The fraction of sp³-hybridized carbons (Fsp3) is 0.143. The molecule has 0 aliphatic heterocycles. The van der Waals surface area contributed by atoms with Crippen LogP contribution in [0.5, 0.6) is 0 Å². The lowest BCUT2D eigenvalue weighted by Gasteiger charge is -2.09. The maximum atomic E-state index is 13.6. The molecule has 6 nitrogen and oxygen atoms in total. The first-order valence-electron chi connectivity index (χ1n) is 6.16. The molecule has 22 heavy (non-hydrogen) atoms. The van der Waals surface area contributed by atoms with Gasteiger partial charge >= 0.3 is 12.0 Å². The number of nitrogens with one attached hydrogen (secondary N) is 2. The number of ether oxygens (including phenoxy) is 1. The molecule has 8 heteroatoms. The minimum Gasteiger partial charge on any atom is -0.467 e. The highest BCUT2D eigenvalue weighted by Crippen LogP contribution is 2.20. The zero-order valence-electron chi connectivity index (χ0n) is 11.5. The van der Waals surface area contributed by atoms with E-state index in [9.17, 15) is 18.4 Å². The van der Waals surface area contributed by atoms with Crippen LogP contribution in [0.3, 0.4) is 0 Å². The maximum Gasteiger partial charge on any atom is 0.340 e. The van der Waals surface area contributed by atoms with Crippen molar-refractivity contribution in [3.8, 4) is 0 Å². The van der Waals surface area contributed by atoms with Crippen molar-refractivity contribution in [1.29, 1.82) is 0 Å². The van der Waals surface area contributed by atoms with E-state index >= 15 is 0 Å². The molecule has 1 heterocycles. The number of anilines is 1. The first-order valence-corrected chi connectivity index (χ1v) is 6.16. The summed E-state index contributed by atoms with van der Waals surface area (Å²) in [6.07, 6.45) is 1.44. The summed E-state index contributed by atoms with van der Waals surface area (Å²) in [4.78, 5) is 23.0. The molecule has 116 valence electrons. The van der Waals surface area contributed by atoms with Crippen LogP contribution in [-0.4, -0.2) is 19.1 Å². The van der Waals surface area contributed by atoms with Gasteiger partial charge in [0.25, 0.3) is 0 Å². The highest BCUT2D eigenvalue weighted by Gasteiger charge is 2.17. The molecule has 1 aromatic carbocycles. The number of halogens is 2. The predicted molar refractivity (Wildman–Crippen MR) is 72.3 cm³/mol. The first kappa shape index (κ1) is 15.5. The standard InChI is InChI=1S/C14H12F2N2O4/c1-21-13(19)9-5-12(11(16)6-10(9)15)18-14(20)17-7-8-3-2-4-22-8/h2-6H,7H2,1H3,(H2,17,18,20). The van der Waals surface area contributed by atoms with E-state index in [0.717, 1.165) is 13.2 Å².